The highest BCUT2D eigenvalue weighted by Crippen LogP contribution is 2.64. The first-order valence-electron chi connectivity index (χ1n) is 19.7. The molecule has 0 saturated heterocycles. The first-order chi connectivity index (χ1) is 28.3. The molecule has 57 heavy (non-hydrogen) atoms. The van der Waals surface area contributed by atoms with Crippen LogP contribution in [0.5, 0.6) is 0 Å². The van der Waals surface area contributed by atoms with Gasteiger partial charge < -0.3 is 9.32 Å². The molecular formula is C55H35NO. The molecule has 9 aromatic carbocycles. The van der Waals surface area contributed by atoms with E-state index in [0.29, 0.717) is 0 Å². The number of rotatable bonds is 5. The third kappa shape index (κ3) is 4.47. The maximum Gasteiger partial charge on any atom is 0.159 e. The fourth-order valence-corrected chi connectivity index (χ4v) is 10.0. The zero-order valence-electron chi connectivity index (χ0n) is 31.1. The number of nitrogens with zero attached hydrogens (tertiary/aromatic N) is 1. The van der Waals surface area contributed by atoms with Crippen molar-refractivity contribution in [3.8, 4) is 44.5 Å². The summed E-state index contributed by atoms with van der Waals surface area (Å²) >= 11 is 0. The smallest absolute Gasteiger partial charge is 0.159 e. The lowest BCUT2D eigenvalue weighted by molar-refractivity contribution is 0.669. The molecule has 0 bridgehead atoms. The Bertz CT molecular complexity index is 3140. The van der Waals surface area contributed by atoms with Gasteiger partial charge in [-0.15, -0.1) is 0 Å². The quantitative estimate of drug-likeness (QED) is 0.176. The average molecular weight is 726 g/mol. The summed E-state index contributed by atoms with van der Waals surface area (Å²) in [5.41, 5.74) is 20.1. The van der Waals surface area contributed by atoms with Gasteiger partial charge in [0.1, 0.15) is 5.58 Å². The van der Waals surface area contributed by atoms with Crippen molar-refractivity contribution in [1.29, 1.82) is 0 Å². The SMILES string of the molecule is c1ccc(N(c2ccc(-c3ccccc3-c3cccc4c3-c3ccccc3C43c4ccccc4-c4ccccc43)cc2)c2cccc3c2oc2ccccc23)cc1. The largest absolute Gasteiger partial charge is 0.454 e. The molecule has 2 aliphatic rings. The molecule has 0 aliphatic heterocycles. The van der Waals surface area contributed by atoms with Gasteiger partial charge >= 0.3 is 0 Å². The fraction of sp³-hybridized carbons (Fsp3) is 0.0182. The summed E-state index contributed by atoms with van der Waals surface area (Å²) in [5.74, 6) is 0. The molecule has 2 aliphatic carbocycles. The second kappa shape index (κ2) is 12.3. The normalized spacial score (nSPS) is 13.1. The van der Waals surface area contributed by atoms with Crippen LogP contribution in [0.4, 0.5) is 17.1 Å². The van der Waals surface area contributed by atoms with Crippen molar-refractivity contribution < 1.29 is 4.42 Å². The zero-order chi connectivity index (χ0) is 37.5. The minimum Gasteiger partial charge on any atom is -0.454 e. The molecule has 1 heterocycles. The Balaban J connectivity index is 1.02. The van der Waals surface area contributed by atoms with Crippen molar-refractivity contribution in [3.63, 3.8) is 0 Å². The lowest BCUT2D eigenvalue weighted by Crippen LogP contribution is -2.25. The fourth-order valence-electron chi connectivity index (χ4n) is 10.0. The topological polar surface area (TPSA) is 16.4 Å². The molecule has 266 valence electrons. The number of fused-ring (bicyclic) bond motifs is 13. The van der Waals surface area contributed by atoms with Gasteiger partial charge in [-0.3, -0.25) is 0 Å². The van der Waals surface area contributed by atoms with Gasteiger partial charge in [0.2, 0.25) is 0 Å². The molecule has 0 unspecified atom stereocenters. The van der Waals surface area contributed by atoms with Gasteiger partial charge in [0.05, 0.1) is 11.1 Å². The highest BCUT2D eigenvalue weighted by Gasteiger charge is 2.52. The van der Waals surface area contributed by atoms with Crippen LogP contribution in [0.15, 0.2) is 217 Å². The summed E-state index contributed by atoms with van der Waals surface area (Å²) in [6.07, 6.45) is 0. The second-order valence-electron chi connectivity index (χ2n) is 15.1. The predicted molar refractivity (Wildman–Crippen MR) is 236 cm³/mol. The lowest BCUT2D eigenvalue weighted by Gasteiger charge is -2.30. The van der Waals surface area contributed by atoms with Crippen LogP contribution in [-0.2, 0) is 5.41 Å². The van der Waals surface area contributed by atoms with Crippen molar-refractivity contribution in [2.24, 2.45) is 0 Å². The van der Waals surface area contributed by atoms with Crippen molar-refractivity contribution in [2.45, 2.75) is 5.41 Å². The van der Waals surface area contributed by atoms with E-state index in [1.807, 2.05) is 12.1 Å². The van der Waals surface area contributed by atoms with Gasteiger partial charge in [0.15, 0.2) is 5.58 Å². The molecule has 0 amide bonds. The summed E-state index contributed by atoms with van der Waals surface area (Å²) in [6.45, 7) is 0. The number of hydrogen-bond acceptors (Lipinski definition) is 2. The van der Waals surface area contributed by atoms with E-state index in [-0.39, 0.29) is 5.41 Å². The third-order valence-electron chi connectivity index (χ3n) is 12.3. The molecule has 1 aromatic heterocycles. The Morgan fingerprint density at radius 2 is 0.842 bits per heavy atom. The molecule has 0 fully saturated rings. The van der Waals surface area contributed by atoms with Gasteiger partial charge in [-0.1, -0.05) is 176 Å². The van der Waals surface area contributed by atoms with Gasteiger partial charge in [-0.05, 0) is 103 Å². The Labute approximate surface area is 331 Å². The van der Waals surface area contributed by atoms with Crippen molar-refractivity contribution in [2.75, 3.05) is 4.90 Å². The number of para-hydroxylation sites is 3. The third-order valence-corrected chi connectivity index (χ3v) is 12.3. The predicted octanol–water partition coefficient (Wildman–Crippen LogP) is 14.7. The summed E-state index contributed by atoms with van der Waals surface area (Å²) in [5, 5.41) is 2.23. The van der Waals surface area contributed by atoms with Gasteiger partial charge in [-0.2, -0.15) is 0 Å². The van der Waals surface area contributed by atoms with Crippen LogP contribution in [0.3, 0.4) is 0 Å². The Hall–Kier alpha value is -7.42. The molecule has 2 heteroatoms. The van der Waals surface area contributed by atoms with Crippen LogP contribution in [0.2, 0.25) is 0 Å². The van der Waals surface area contributed by atoms with E-state index in [2.05, 4.69) is 205 Å². The van der Waals surface area contributed by atoms with Crippen LogP contribution in [0.25, 0.3) is 66.4 Å². The van der Waals surface area contributed by atoms with E-state index in [4.69, 9.17) is 4.42 Å². The zero-order valence-corrected chi connectivity index (χ0v) is 31.1. The Morgan fingerprint density at radius 3 is 1.58 bits per heavy atom. The minimum absolute atomic E-state index is 0.380. The van der Waals surface area contributed by atoms with Crippen LogP contribution in [0.1, 0.15) is 22.3 Å². The summed E-state index contributed by atoms with van der Waals surface area (Å²) < 4.78 is 6.56. The summed E-state index contributed by atoms with van der Waals surface area (Å²) in [6, 6.07) is 77.3. The van der Waals surface area contributed by atoms with E-state index in [0.717, 1.165) is 39.0 Å². The van der Waals surface area contributed by atoms with E-state index in [1.165, 1.54) is 66.8 Å². The first kappa shape index (κ1) is 31.9. The lowest BCUT2D eigenvalue weighted by atomic mass is 9.70. The maximum absolute atomic E-state index is 6.56. The van der Waals surface area contributed by atoms with Crippen LogP contribution >= 0.6 is 0 Å². The van der Waals surface area contributed by atoms with E-state index in [1.54, 1.807) is 0 Å². The summed E-state index contributed by atoms with van der Waals surface area (Å²) in [4.78, 5) is 2.30. The maximum atomic E-state index is 6.56. The van der Waals surface area contributed by atoms with Gasteiger partial charge in [0.25, 0.3) is 0 Å². The van der Waals surface area contributed by atoms with Gasteiger partial charge in [0, 0.05) is 22.1 Å². The van der Waals surface area contributed by atoms with E-state index >= 15 is 0 Å². The highest BCUT2D eigenvalue weighted by molar-refractivity contribution is 6.10. The molecule has 0 atom stereocenters. The van der Waals surface area contributed by atoms with Crippen LogP contribution in [-0.4, -0.2) is 0 Å². The molecule has 0 radical (unpaired) electrons. The monoisotopic (exact) mass is 725 g/mol. The number of benzene rings is 9. The molecular weight excluding hydrogens is 691 g/mol. The van der Waals surface area contributed by atoms with E-state index in [9.17, 15) is 0 Å². The first-order valence-corrected chi connectivity index (χ1v) is 19.7. The van der Waals surface area contributed by atoms with E-state index < -0.39 is 0 Å². The molecule has 2 nitrogen and oxygen atoms in total. The second-order valence-corrected chi connectivity index (χ2v) is 15.1. The number of anilines is 3. The number of furan rings is 1. The van der Waals surface area contributed by atoms with Crippen molar-refractivity contribution in [1.82, 2.24) is 0 Å². The Kier molecular flexibility index (Phi) is 6.88. The number of hydrogen-bond donors (Lipinski definition) is 0. The van der Waals surface area contributed by atoms with Crippen molar-refractivity contribution >= 4 is 39.0 Å². The minimum atomic E-state index is -0.380. The van der Waals surface area contributed by atoms with Gasteiger partial charge in [-0.25, -0.2) is 0 Å². The van der Waals surface area contributed by atoms with Crippen LogP contribution < -0.4 is 4.90 Å². The molecule has 0 saturated carbocycles. The molecule has 12 rings (SSSR count). The highest BCUT2D eigenvalue weighted by atomic mass is 16.3. The standard InChI is InChI=1S/C55H35NO/c1-2-16-37(17-3-1)56(51-30-15-25-45-43-22-9-13-31-52(43)57-54(45)51)38-34-32-36(33-35-38)39-18-4-5-19-40(39)44-24-14-29-50-53(44)46-23-8-12-28-49(46)55(50)47-26-10-6-20-41(47)42-21-7-11-27-48(42)55/h1-35H. The molecule has 1 spiro atoms. The summed E-state index contributed by atoms with van der Waals surface area (Å²) in [7, 11) is 0. The average Bonchev–Trinajstić information content (AvgIpc) is 3.92. The molecule has 10 aromatic rings. The molecule has 0 N–H and O–H groups in total. The van der Waals surface area contributed by atoms with Crippen molar-refractivity contribution in [3.05, 3.63) is 235 Å². The Morgan fingerprint density at radius 1 is 0.333 bits per heavy atom. The van der Waals surface area contributed by atoms with Crippen LogP contribution in [0, 0.1) is 0 Å².